The molecule has 0 bridgehead atoms. The number of ether oxygens (including phenoxy) is 1. The first-order valence-electron chi connectivity index (χ1n) is 9.40. The molecule has 1 heterocycles. The Labute approximate surface area is 161 Å². The number of nitrogens with zero attached hydrogens (tertiary/aromatic N) is 1. The number of piperidine rings is 1. The Morgan fingerprint density at radius 3 is 2.39 bits per heavy atom. The van der Waals surface area contributed by atoms with Crippen LogP contribution in [-0.2, 0) is 15.2 Å². The van der Waals surface area contributed by atoms with Crippen molar-refractivity contribution in [3.8, 4) is 5.75 Å². The molecule has 2 fully saturated rings. The fraction of sp³-hybridized carbons (Fsp3) is 0.600. The molecule has 0 spiro atoms. The zero-order valence-electron chi connectivity index (χ0n) is 15.7. The number of rotatable bonds is 5. The van der Waals surface area contributed by atoms with Crippen molar-refractivity contribution in [3.63, 3.8) is 0 Å². The molecule has 28 heavy (non-hydrogen) atoms. The number of carbonyl (C=O) groups excluding carboxylic acids is 2. The van der Waals surface area contributed by atoms with Gasteiger partial charge >= 0.3 is 6.18 Å². The van der Waals surface area contributed by atoms with Crippen molar-refractivity contribution in [2.24, 2.45) is 11.8 Å². The molecule has 154 valence electrons. The molecule has 8 heteroatoms. The molecule has 1 N–H and O–H groups in total. The van der Waals surface area contributed by atoms with Gasteiger partial charge in [0.2, 0.25) is 0 Å². The van der Waals surface area contributed by atoms with Gasteiger partial charge in [-0.15, -0.1) is 0 Å². The Morgan fingerprint density at radius 2 is 1.86 bits per heavy atom. The number of hydrogen-bond acceptors (Lipinski definition) is 4. The Bertz CT molecular complexity index is 735. The van der Waals surface area contributed by atoms with Crippen LogP contribution in [0.2, 0.25) is 0 Å². The topological polar surface area (TPSA) is 66.8 Å². The van der Waals surface area contributed by atoms with Crippen LogP contribution in [0.4, 0.5) is 13.2 Å². The molecule has 1 aromatic carbocycles. The average Bonchev–Trinajstić information content (AvgIpc) is 2.65. The van der Waals surface area contributed by atoms with Crippen LogP contribution in [0.25, 0.3) is 0 Å². The maximum atomic E-state index is 13.8. The first kappa shape index (κ1) is 20.6. The van der Waals surface area contributed by atoms with Crippen LogP contribution < -0.4 is 4.74 Å². The van der Waals surface area contributed by atoms with E-state index in [1.165, 1.54) is 19.2 Å². The van der Waals surface area contributed by atoms with E-state index in [0.717, 1.165) is 23.5 Å². The number of likely N-dealkylation sites (tertiary alicyclic amines) is 1. The minimum atomic E-state index is -5.17. The number of aliphatic hydroxyl groups is 1. The minimum absolute atomic E-state index is 0.127. The smallest absolute Gasteiger partial charge is 0.430 e. The predicted octanol–water partition coefficient (Wildman–Crippen LogP) is 3.05. The van der Waals surface area contributed by atoms with Gasteiger partial charge in [0.25, 0.3) is 11.5 Å². The molecule has 0 unspecified atom stereocenters. The highest BCUT2D eigenvalue weighted by atomic mass is 19.4. The number of Topliss-reactive ketones (excluding diaryl/α,β-unsaturated/α-hetero) is 1. The van der Waals surface area contributed by atoms with Crippen molar-refractivity contribution in [3.05, 3.63) is 29.8 Å². The van der Waals surface area contributed by atoms with Crippen LogP contribution in [0, 0.1) is 11.8 Å². The number of alkyl halides is 3. The summed E-state index contributed by atoms with van der Waals surface area (Å²) < 4.78 is 46.3. The van der Waals surface area contributed by atoms with Crippen LogP contribution in [0.5, 0.6) is 5.75 Å². The van der Waals surface area contributed by atoms with E-state index in [4.69, 9.17) is 4.74 Å². The second-order valence-electron chi connectivity index (χ2n) is 7.72. The van der Waals surface area contributed by atoms with Crippen molar-refractivity contribution in [1.82, 2.24) is 4.90 Å². The van der Waals surface area contributed by atoms with Crippen LogP contribution in [-0.4, -0.2) is 48.1 Å². The van der Waals surface area contributed by atoms with Gasteiger partial charge < -0.3 is 14.7 Å². The molecule has 3 rings (SSSR count). The molecule has 1 aliphatic carbocycles. The van der Waals surface area contributed by atoms with E-state index < -0.39 is 23.2 Å². The van der Waals surface area contributed by atoms with Crippen molar-refractivity contribution in [1.29, 1.82) is 0 Å². The normalized spacial score (nSPS) is 21.2. The highest BCUT2D eigenvalue weighted by Crippen LogP contribution is 2.42. The second-order valence-corrected chi connectivity index (χ2v) is 7.72. The van der Waals surface area contributed by atoms with Gasteiger partial charge in [0, 0.05) is 31.5 Å². The van der Waals surface area contributed by atoms with Gasteiger partial charge in [0.05, 0.1) is 7.11 Å². The van der Waals surface area contributed by atoms with Crippen molar-refractivity contribution < 1.29 is 32.6 Å². The Balaban J connectivity index is 1.73. The highest BCUT2D eigenvalue weighted by Gasteiger charge is 2.62. The Kier molecular flexibility index (Phi) is 5.70. The van der Waals surface area contributed by atoms with Gasteiger partial charge in [-0.3, -0.25) is 9.59 Å². The third-order valence-electron chi connectivity index (χ3n) is 5.81. The minimum Gasteiger partial charge on any atom is -0.497 e. The summed E-state index contributed by atoms with van der Waals surface area (Å²) in [5.74, 6) is -0.319. The molecular weight excluding hydrogens is 375 g/mol. The quantitative estimate of drug-likeness (QED) is 0.827. The summed E-state index contributed by atoms with van der Waals surface area (Å²) in [5, 5.41) is 10.5. The van der Waals surface area contributed by atoms with Crippen LogP contribution >= 0.6 is 0 Å². The molecule has 0 aromatic heterocycles. The molecule has 0 radical (unpaired) electrons. The second kappa shape index (κ2) is 7.73. The van der Waals surface area contributed by atoms with E-state index in [0.29, 0.717) is 31.6 Å². The average molecular weight is 399 g/mol. The third-order valence-corrected chi connectivity index (χ3v) is 5.81. The molecule has 2 aliphatic rings. The van der Waals surface area contributed by atoms with E-state index in [-0.39, 0.29) is 30.5 Å². The van der Waals surface area contributed by atoms with E-state index in [1.807, 2.05) is 0 Å². The SMILES string of the molecule is COc1cccc([C@@](O)(C(=O)N2CCC(CC3CC(=O)C3)CC2)C(F)(F)F)c1. The highest BCUT2D eigenvalue weighted by molar-refractivity contribution is 5.87. The lowest BCUT2D eigenvalue weighted by Gasteiger charge is -2.39. The van der Waals surface area contributed by atoms with Crippen molar-refractivity contribution >= 4 is 11.7 Å². The molecule has 5 nitrogen and oxygen atoms in total. The molecule has 1 saturated heterocycles. The number of methoxy groups -OCH3 is 1. The maximum absolute atomic E-state index is 13.8. The van der Waals surface area contributed by atoms with Gasteiger partial charge in [0.1, 0.15) is 11.5 Å². The summed E-state index contributed by atoms with van der Waals surface area (Å²) in [4.78, 5) is 25.0. The Hall–Kier alpha value is -2.09. The molecule has 1 aromatic rings. The molecule has 1 saturated carbocycles. The lowest BCUT2D eigenvalue weighted by atomic mass is 9.75. The van der Waals surface area contributed by atoms with Crippen LogP contribution in [0.3, 0.4) is 0 Å². The first-order chi connectivity index (χ1) is 13.1. The number of carbonyl (C=O) groups is 2. The summed E-state index contributed by atoms with van der Waals surface area (Å²) in [6.45, 7) is 0.319. The fourth-order valence-electron chi connectivity index (χ4n) is 4.08. The number of amides is 1. The number of ketones is 1. The van der Waals surface area contributed by atoms with Crippen molar-refractivity contribution in [2.45, 2.75) is 43.9 Å². The van der Waals surface area contributed by atoms with E-state index in [1.54, 1.807) is 0 Å². The van der Waals surface area contributed by atoms with Gasteiger partial charge in [-0.25, -0.2) is 0 Å². The lowest BCUT2D eigenvalue weighted by Crippen LogP contribution is -2.57. The zero-order chi connectivity index (χ0) is 20.5. The summed E-state index contributed by atoms with van der Waals surface area (Å²) in [5.41, 5.74) is -4.17. The number of benzene rings is 1. The fourth-order valence-corrected chi connectivity index (χ4v) is 4.08. The Morgan fingerprint density at radius 1 is 1.21 bits per heavy atom. The summed E-state index contributed by atoms with van der Waals surface area (Å²) >= 11 is 0. The molecule has 1 amide bonds. The van der Waals surface area contributed by atoms with Gasteiger partial charge in [-0.1, -0.05) is 12.1 Å². The predicted molar refractivity (Wildman–Crippen MR) is 94.6 cm³/mol. The van der Waals surface area contributed by atoms with Gasteiger partial charge in [-0.05, 0) is 43.2 Å². The van der Waals surface area contributed by atoms with E-state index in [9.17, 15) is 27.9 Å². The van der Waals surface area contributed by atoms with Gasteiger partial charge in [0.15, 0.2) is 0 Å². The number of hydrogen-bond donors (Lipinski definition) is 1. The number of halogens is 3. The molecule has 1 atom stereocenters. The van der Waals surface area contributed by atoms with Crippen LogP contribution in [0.15, 0.2) is 24.3 Å². The first-order valence-corrected chi connectivity index (χ1v) is 9.40. The van der Waals surface area contributed by atoms with Crippen molar-refractivity contribution in [2.75, 3.05) is 20.2 Å². The van der Waals surface area contributed by atoms with Crippen LogP contribution in [0.1, 0.15) is 37.7 Å². The third kappa shape index (κ3) is 3.87. The standard InChI is InChI=1S/C20H24F3NO4/c1-28-17-4-2-3-15(12-17)19(27,20(21,22)23)18(26)24-7-5-13(6-8-24)9-14-10-16(25)11-14/h2-4,12-14,27H,5-11H2,1H3/t19-/m1/s1. The molecular formula is C20H24F3NO4. The summed E-state index contributed by atoms with van der Waals surface area (Å²) in [7, 11) is 1.30. The summed E-state index contributed by atoms with van der Waals surface area (Å²) in [6.07, 6.45) is -1.98. The van der Waals surface area contributed by atoms with E-state index in [2.05, 4.69) is 0 Å². The lowest BCUT2D eigenvalue weighted by molar-refractivity contribution is -0.262. The van der Waals surface area contributed by atoms with Gasteiger partial charge in [-0.2, -0.15) is 13.2 Å². The van der Waals surface area contributed by atoms with E-state index >= 15 is 0 Å². The molecule has 1 aliphatic heterocycles. The zero-order valence-corrected chi connectivity index (χ0v) is 15.7. The monoisotopic (exact) mass is 399 g/mol. The largest absolute Gasteiger partial charge is 0.497 e. The summed E-state index contributed by atoms with van der Waals surface area (Å²) in [6, 6.07) is 4.87. The maximum Gasteiger partial charge on any atom is 0.430 e.